The molecule has 5 nitrogen and oxygen atoms in total. The molecule has 24 heavy (non-hydrogen) atoms. The number of aromatic nitrogens is 3. The first kappa shape index (κ1) is 13.7. The molecule has 122 valence electrons. The molecule has 0 amide bonds. The van der Waals surface area contributed by atoms with E-state index < -0.39 is 11.4 Å². The van der Waals surface area contributed by atoms with E-state index in [4.69, 9.17) is 5.73 Å². The molecular formula is C17H15F2N5. The van der Waals surface area contributed by atoms with Gasteiger partial charge in [-0.25, -0.2) is 18.3 Å². The smallest absolute Gasteiger partial charge is 0.180 e. The molecule has 2 aliphatic rings. The molecule has 1 aliphatic heterocycles. The number of rotatable bonds is 2. The van der Waals surface area contributed by atoms with E-state index in [1.165, 1.54) is 12.1 Å². The Balaban J connectivity index is 1.64. The number of nitrogen functional groups attached to an aromatic ring is 1. The van der Waals surface area contributed by atoms with Crippen LogP contribution in [0.5, 0.6) is 0 Å². The molecule has 5 rings (SSSR count). The predicted molar refractivity (Wildman–Crippen MR) is 85.5 cm³/mol. The number of piperidine rings is 1. The highest BCUT2D eigenvalue weighted by Crippen LogP contribution is 2.63. The Hall–Kier alpha value is -2.70. The first-order chi connectivity index (χ1) is 11.6. The molecule has 2 fully saturated rings. The van der Waals surface area contributed by atoms with E-state index in [-0.39, 0.29) is 5.82 Å². The quantitative estimate of drug-likeness (QED) is 0.786. The van der Waals surface area contributed by atoms with Gasteiger partial charge in [-0.15, -0.1) is 0 Å². The first-order valence-corrected chi connectivity index (χ1v) is 7.92. The lowest BCUT2D eigenvalue weighted by atomic mass is 10.0. The van der Waals surface area contributed by atoms with Crippen molar-refractivity contribution < 1.29 is 8.78 Å². The van der Waals surface area contributed by atoms with Gasteiger partial charge in [-0.3, -0.25) is 0 Å². The number of nitrogens with two attached hydrogens (primary N) is 1. The van der Waals surface area contributed by atoms with Crippen molar-refractivity contribution in [3.63, 3.8) is 0 Å². The third-order valence-corrected chi connectivity index (χ3v) is 5.31. The van der Waals surface area contributed by atoms with Gasteiger partial charge in [-0.1, -0.05) is 0 Å². The third-order valence-electron chi connectivity index (χ3n) is 5.31. The Kier molecular flexibility index (Phi) is 2.53. The monoisotopic (exact) mass is 327 g/mol. The van der Waals surface area contributed by atoms with E-state index in [9.17, 15) is 8.78 Å². The van der Waals surface area contributed by atoms with Crippen LogP contribution < -0.4 is 10.6 Å². The molecule has 2 N–H and O–H groups in total. The number of benzene rings is 1. The Morgan fingerprint density at radius 3 is 2.96 bits per heavy atom. The van der Waals surface area contributed by atoms with Crippen LogP contribution >= 0.6 is 0 Å². The van der Waals surface area contributed by atoms with Gasteiger partial charge in [-0.2, -0.15) is 5.10 Å². The molecule has 3 heterocycles. The molecule has 0 radical (unpaired) electrons. The van der Waals surface area contributed by atoms with Crippen LogP contribution in [0.15, 0.2) is 36.7 Å². The first-order valence-electron chi connectivity index (χ1n) is 7.92. The fraction of sp³-hybridized carbons (Fsp3) is 0.294. The van der Waals surface area contributed by atoms with Gasteiger partial charge < -0.3 is 10.6 Å². The second kappa shape index (κ2) is 4.43. The lowest BCUT2D eigenvalue weighted by molar-refractivity contribution is 0.544. The van der Waals surface area contributed by atoms with Gasteiger partial charge in [0.05, 0.1) is 17.4 Å². The highest BCUT2D eigenvalue weighted by Gasteiger charge is 2.64. The molecule has 7 heteroatoms. The van der Waals surface area contributed by atoms with Crippen LogP contribution in [0.1, 0.15) is 18.4 Å². The summed E-state index contributed by atoms with van der Waals surface area (Å²) in [5.41, 5.74) is 6.90. The van der Waals surface area contributed by atoms with Crippen LogP contribution in [0, 0.1) is 17.6 Å². The van der Waals surface area contributed by atoms with Gasteiger partial charge in [0.15, 0.2) is 5.65 Å². The fourth-order valence-corrected chi connectivity index (χ4v) is 4.12. The van der Waals surface area contributed by atoms with Crippen molar-refractivity contribution >= 4 is 17.2 Å². The summed E-state index contributed by atoms with van der Waals surface area (Å²) in [4.78, 5) is 6.69. The predicted octanol–water partition coefficient (Wildman–Crippen LogP) is 2.72. The highest BCUT2D eigenvalue weighted by atomic mass is 19.1. The van der Waals surface area contributed by atoms with Crippen LogP contribution in [0.4, 0.5) is 20.3 Å². The number of hydrogen-bond acceptors (Lipinski definition) is 4. The highest BCUT2D eigenvalue weighted by molar-refractivity contribution is 5.66. The molecule has 1 saturated heterocycles. The largest absolute Gasteiger partial charge is 0.394 e. The average Bonchev–Trinajstić information content (AvgIpc) is 3.01. The van der Waals surface area contributed by atoms with Crippen LogP contribution in [-0.2, 0) is 5.54 Å². The van der Waals surface area contributed by atoms with E-state index in [1.54, 1.807) is 16.9 Å². The number of fused-ring (bicyclic) bond motifs is 2. The molecule has 1 aliphatic carbocycles. The van der Waals surface area contributed by atoms with Crippen molar-refractivity contribution in [1.29, 1.82) is 0 Å². The number of anilines is 2. The summed E-state index contributed by atoms with van der Waals surface area (Å²) < 4.78 is 29.7. The second-order valence-electron chi connectivity index (χ2n) is 6.54. The maximum atomic E-state index is 14.4. The minimum absolute atomic E-state index is 0.328. The summed E-state index contributed by atoms with van der Waals surface area (Å²) in [5, 5.41) is 4.12. The summed E-state index contributed by atoms with van der Waals surface area (Å²) in [6, 6.07) is 5.53. The van der Waals surface area contributed by atoms with Crippen LogP contribution in [0.3, 0.4) is 0 Å². The van der Waals surface area contributed by atoms with Gasteiger partial charge >= 0.3 is 0 Å². The van der Waals surface area contributed by atoms with Gasteiger partial charge in [0.25, 0.3) is 0 Å². The lowest BCUT2D eigenvalue weighted by Crippen LogP contribution is -2.34. The van der Waals surface area contributed by atoms with Crippen molar-refractivity contribution in [3.05, 3.63) is 53.9 Å². The van der Waals surface area contributed by atoms with E-state index >= 15 is 0 Å². The van der Waals surface area contributed by atoms with Crippen LogP contribution in [0.2, 0.25) is 0 Å². The number of hydrogen-bond donors (Lipinski definition) is 1. The molecule has 0 unspecified atom stereocenters. The second-order valence-corrected chi connectivity index (χ2v) is 6.54. The van der Waals surface area contributed by atoms with Crippen molar-refractivity contribution in [2.45, 2.75) is 18.4 Å². The van der Waals surface area contributed by atoms with Crippen LogP contribution in [0.25, 0.3) is 5.65 Å². The summed E-state index contributed by atoms with van der Waals surface area (Å²) in [6.45, 7) is 0.762. The van der Waals surface area contributed by atoms with Crippen molar-refractivity contribution in [2.24, 2.45) is 5.92 Å². The maximum Gasteiger partial charge on any atom is 0.180 e. The Labute approximate surface area is 136 Å². The maximum absolute atomic E-state index is 14.4. The van der Waals surface area contributed by atoms with E-state index in [1.807, 2.05) is 6.07 Å². The lowest BCUT2D eigenvalue weighted by Gasteiger charge is -2.30. The molecule has 1 saturated carbocycles. The van der Waals surface area contributed by atoms with Gasteiger partial charge in [-0.05, 0) is 43.0 Å². The zero-order chi connectivity index (χ0) is 16.5. The van der Waals surface area contributed by atoms with Gasteiger partial charge in [0.1, 0.15) is 17.5 Å². The summed E-state index contributed by atoms with van der Waals surface area (Å²) in [7, 11) is 0. The van der Waals surface area contributed by atoms with Gasteiger partial charge in [0, 0.05) is 18.3 Å². The van der Waals surface area contributed by atoms with E-state index in [0.717, 1.165) is 31.3 Å². The Morgan fingerprint density at radius 1 is 1.25 bits per heavy atom. The Morgan fingerprint density at radius 2 is 2.12 bits per heavy atom. The number of halogens is 2. The van der Waals surface area contributed by atoms with Crippen molar-refractivity contribution in [2.75, 3.05) is 17.2 Å². The van der Waals surface area contributed by atoms with E-state index in [0.29, 0.717) is 22.8 Å². The summed E-state index contributed by atoms with van der Waals surface area (Å²) >= 11 is 0. The molecule has 0 bridgehead atoms. The standard InChI is InChI=1S/C17H15F2N5/c18-11-1-2-13(19)12(7-11)17-8-10(17)3-5-23(17)15-4-6-24-16(22-15)14(20)9-21-24/h1-2,4,6-7,9-10H,3,5,8,20H2/t10-,17+/m0/s1. The molecule has 3 aromatic rings. The topological polar surface area (TPSA) is 59.4 Å². The molecule has 2 aromatic heterocycles. The normalized spacial score (nSPS) is 25.2. The third kappa shape index (κ3) is 1.67. The van der Waals surface area contributed by atoms with Crippen LogP contribution in [-0.4, -0.2) is 21.1 Å². The van der Waals surface area contributed by atoms with Gasteiger partial charge in [0.2, 0.25) is 0 Å². The van der Waals surface area contributed by atoms with E-state index in [2.05, 4.69) is 15.0 Å². The fourth-order valence-electron chi connectivity index (χ4n) is 4.12. The Bertz CT molecular complexity index is 969. The van der Waals surface area contributed by atoms with Crippen molar-refractivity contribution in [3.8, 4) is 0 Å². The summed E-state index contributed by atoms with van der Waals surface area (Å²) in [5.74, 6) is 0.268. The zero-order valence-corrected chi connectivity index (χ0v) is 12.8. The molecule has 0 spiro atoms. The number of nitrogens with zero attached hydrogens (tertiary/aromatic N) is 4. The van der Waals surface area contributed by atoms with Crippen molar-refractivity contribution in [1.82, 2.24) is 14.6 Å². The minimum Gasteiger partial charge on any atom is -0.394 e. The SMILES string of the molecule is Nc1cnn2ccc(N3CC[C@H]4C[C@]43c3cc(F)ccc3F)nc12. The average molecular weight is 327 g/mol. The molecule has 1 aromatic carbocycles. The molecule has 2 atom stereocenters. The summed E-state index contributed by atoms with van der Waals surface area (Å²) in [6.07, 6.45) is 5.10. The zero-order valence-electron chi connectivity index (χ0n) is 12.8. The molecular weight excluding hydrogens is 312 g/mol. The minimum atomic E-state index is -0.494.